The number of quaternary nitrogens is 2. The van der Waals surface area contributed by atoms with E-state index in [9.17, 15) is 0 Å². The SMILES string of the molecule is Clc1cc(Cl)cc(-c2cc(C[NH+]3CCN(c4ccncc4)CC3)cc(C[NH+]3CCN(c4ccncc4)CC3)c2)c1. The summed E-state index contributed by atoms with van der Waals surface area (Å²) in [5.41, 5.74) is 7.57. The molecule has 2 aliphatic heterocycles. The van der Waals surface area contributed by atoms with E-state index < -0.39 is 0 Å². The molecule has 4 aromatic rings. The largest absolute Gasteiger partial charge is 0.360 e. The number of halogens is 2. The molecular weight excluding hydrogens is 539 g/mol. The average Bonchev–Trinajstić information content (AvgIpc) is 2.98. The molecule has 2 aromatic carbocycles. The first-order valence-corrected chi connectivity index (χ1v) is 14.9. The van der Waals surface area contributed by atoms with E-state index in [1.54, 1.807) is 15.9 Å². The van der Waals surface area contributed by atoms with Crippen LogP contribution in [0.4, 0.5) is 11.4 Å². The molecule has 40 heavy (non-hydrogen) atoms. The van der Waals surface area contributed by atoms with Crippen molar-refractivity contribution in [3.8, 4) is 11.1 Å². The summed E-state index contributed by atoms with van der Waals surface area (Å²) in [6.07, 6.45) is 7.52. The summed E-state index contributed by atoms with van der Waals surface area (Å²) in [6.45, 7) is 10.7. The second-order valence-electron chi connectivity index (χ2n) is 10.9. The summed E-state index contributed by atoms with van der Waals surface area (Å²) in [6, 6.07) is 21.4. The van der Waals surface area contributed by atoms with Crippen LogP contribution in [0.5, 0.6) is 0 Å². The highest BCUT2D eigenvalue weighted by atomic mass is 35.5. The Kier molecular flexibility index (Phi) is 8.49. The molecule has 0 spiro atoms. The zero-order chi connectivity index (χ0) is 27.3. The molecule has 0 atom stereocenters. The Morgan fingerprint density at radius 2 is 0.950 bits per heavy atom. The van der Waals surface area contributed by atoms with Crippen molar-refractivity contribution in [1.82, 2.24) is 9.97 Å². The van der Waals surface area contributed by atoms with Crippen LogP contribution in [0.25, 0.3) is 11.1 Å². The lowest BCUT2D eigenvalue weighted by Crippen LogP contribution is -3.13. The van der Waals surface area contributed by atoms with Crippen molar-refractivity contribution < 1.29 is 9.80 Å². The summed E-state index contributed by atoms with van der Waals surface area (Å²) in [5, 5.41) is 1.34. The van der Waals surface area contributed by atoms with E-state index in [1.807, 2.05) is 36.9 Å². The first-order valence-electron chi connectivity index (χ1n) is 14.2. The maximum absolute atomic E-state index is 6.41. The van der Waals surface area contributed by atoms with E-state index in [0.717, 1.165) is 71.0 Å². The monoisotopic (exact) mass is 574 g/mol. The molecule has 2 aromatic heterocycles. The van der Waals surface area contributed by atoms with Crippen molar-refractivity contribution in [2.45, 2.75) is 13.1 Å². The van der Waals surface area contributed by atoms with Crippen molar-refractivity contribution in [3.05, 3.63) is 107 Å². The van der Waals surface area contributed by atoms with E-state index in [2.05, 4.69) is 62.2 Å². The van der Waals surface area contributed by atoms with E-state index in [4.69, 9.17) is 23.2 Å². The molecular formula is C32H36Cl2N6+2. The van der Waals surface area contributed by atoms with E-state index in [-0.39, 0.29) is 0 Å². The molecule has 6 nitrogen and oxygen atoms in total. The van der Waals surface area contributed by atoms with Gasteiger partial charge >= 0.3 is 0 Å². The van der Waals surface area contributed by atoms with Crippen molar-refractivity contribution >= 4 is 34.6 Å². The number of rotatable bonds is 7. The number of nitrogens with zero attached hydrogens (tertiary/aromatic N) is 4. The van der Waals surface area contributed by atoms with Crippen LogP contribution in [0, 0.1) is 0 Å². The van der Waals surface area contributed by atoms with Crippen LogP contribution in [0.2, 0.25) is 10.0 Å². The second-order valence-corrected chi connectivity index (χ2v) is 11.8. The Hall–Kier alpha value is -3.16. The molecule has 2 fully saturated rings. The number of aromatic nitrogens is 2. The highest BCUT2D eigenvalue weighted by molar-refractivity contribution is 6.35. The van der Waals surface area contributed by atoms with Gasteiger partial charge in [-0.05, 0) is 71.8 Å². The van der Waals surface area contributed by atoms with Crippen molar-refractivity contribution in [3.63, 3.8) is 0 Å². The van der Waals surface area contributed by atoms with E-state index >= 15 is 0 Å². The van der Waals surface area contributed by atoms with Gasteiger partial charge in [0.2, 0.25) is 0 Å². The predicted molar refractivity (Wildman–Crippen MR) is 164 cm³/mol. The number of anilines is 2. The standard InChI is InChI=1S/C32H34Cl2N6/c33-29-20-28(21-30(34)22-29)27-18-25(23-37-9-13-39(14-10-37)31-1-5-35-6-2-31)17-26(19-27)24-38-11-15-40(16-12-38)32-3-7-36-8-4-32/h1-8,17-22H,9-16,23-24H2/p+2. The summed E-state index contributed by atoms with van der Waals surface area (Å²) in [7, 11) is 0. The number of pyridine rings is 2. The summed E-state index contributed by atoms with van der Waals surface area (Å²) >= 11 is 12.8. The zero-order valence-electron chi connectivity index (χ0n) is 22.7. The third kappa shape index (κ3) is 6.76. The molecule has 6 rings (SSSR count). The molecule has 0 saturated carbocycles. The Morgan fingerprint density at radius 3 is 1.38 bits per heavy atom. The molecule has 0 bridgehead atoms. The Bertz CT molecular complexity index is 1300. The molecule has 0 unspecified atom stereocenters. The molecule has 2 N–H and O–H groups in total. The lowest BCUT2D eigenvalue weighted by molar-refractivity contribution is -0.915. The highest BCUT2D eigenvalue weighted by Crippen LogP contribution is 2.29. The van der Waals surface area contributed by atoms with E-state index in [1.165, 1.54) is 28.1 Å². The van der Waals surface area contributed by atoms with Crippen molar-refractivity contribution in [2.24, 2.45) is 0 Å². The van der Waals surface area contributed by atoms with Gasteiger partial charge in [-0.25, -0.2) is 0 Å². The van der Waals surface area contributed by atoms with Gasteiger partial charge in [-0.1, -0.05) is 23.2 Å². The van der Waals surface area contributed by atoms with Gasteiger partial charge in [-0.3, -0.25) is 9.97 Å². The van der Waals surface area contributed by atoms with Gasteiger partial charge in [0.05, 0.1) is 52.4 Å². The van der Waals surface area contributed by atoms with Crippen LogP contribution in [-0.4, -0.2) is 62.3 Å². The number of benzene rings is 2. The lowest BCUT2D eigenvalue weighted by Gasteiger charge is -2.34. The van der Waals surface area contributed by atoms with Crippen LogP contribution < -0.4 is 19.6 Å². The molecule has 2 saturated heterocycles. The van der Waals surface area contributed by atoms with Gasteiger partial charge in [0, 0.05) is 57.3 Å². The number of nitrogens with one attached hydrogen (secondary N) is 2. The second kappa shape index (κ2) is 12.6. The Balaban J connectivity index is 1.17. The molecule has 0 radical (unpaired) electrons. The first-order chi connectivity index (χ1) is 19.6. The quantitative estimate of drug-likeness (QED) is 0.355. The van der Waals surface area contributed by atoms with Crippen molar-refractivity contribution in [2.75, 3.05) is 62.2 Å². The molecule has 2 aliphatic rings. The topological polar surface area (TPSA) is 41.1 Å². The Labute approximate surface area is 246 Å². The normalized spacial score (nSPS) is 16.9. The fourth-order valence-corrected chi connectivity index (χ4v) is 6.58. The van der Waals surface area contributed by atoms with Gasteiger partial charge in [-0.2, -0.15) is 0 Å². The van der Waals surface area contributed by atoms with Gasteiger partial charge in [0.15, 0.2) is 0 Å². The maximum atomic E-state index is 6.41. The van der Waals surface area contributed by atoms with Gasteiger partial charge in [0.25, 0.3) is 0 Å². The van der Waals surface area contributed by atoms with Crippen LogP contribution in [0.1, 0.15) is 11.1 Å². The van der Waals surface area contributed by atoms with Crippen molar-refractivity contribution in [1.29, 1.82) is 0 Å². The zero-order valence-corrected chi connectivity index (χ0v) is 24.2. The summed E-state index contributed by atoms with van der Waals surface area (Å²) in [5.74, 6) is 0. The van der Waals surface area contributed by atoms with E-state index in [0.29, 0.717) is 10.0 Å². The molecule has 0 amide bonds. The minimum atomic E-state index is 0.671. The predicted octanol–water partition coefficient (Wildman–Crippen LogP) is 3.26. The third-order valence-corrected chi connectivity index (χ3v) is 8.59. The summed E-state index contributed by atoms with van der Waals surface area (Å²) < 4.78 is 0. The molecule has 0 aliphatic carbocycles. The lowest BCUT2D eigenvalue weighted by atomic mass is 9.98. The fourth-order valence-electron chi connectivity index (χ4n) is 6.06. The molecule has 206 valence electrons. The minimum absolute atomic E-state index is 0.671. The highest BCUT2D eigenvalue weighted by Gasteiger charge is 2.23. The third-order valence-electron chi connectivity index (χ3n) is 8.15. The molecule has 8 heteroatoms. The average molecular weight is 576 g/mol. The fraction of sp³-hybridized carbons (Fsp3) is 0.312. The number of hydrogen-bond donors (Lipinski definition) is 2. The van der Waals surface area contributed by atoms with Crippen LogP contribution in [-0.2, 0) is 13.1 Å². The van der Waals surface area contributed by atoms with Gasteiger partial charge in [0.1, 0.15) is 13.1 Å². The molecule has 4 heterocycles. The Morgan fingerprint density at radius 1 is 0.550 bits per heavy atom. The number of hydrogen-bond acceptors (Lipinski definition) is 4. The van der Waals surface area contributed by atoms with Gasteiger partial charge in [-0.15, -0.1) is 0 Å². The smallest absolute Gasteiger partial charge is 0.103 e. The number of piperazine rings is 2. The van der Waals surface area contributed by atoms with Gasteiger partial charge < -0.3 is 19.6 Å². The van der Waals surface area contributed by atoms with Crippen LogP contribution in [0.15, 0.2) is 85.5 Å². The summed E-state index contributed by atoms with van der Waals surface area (Å²) in [4.78, 5) is 16.5. The maximum Gasteiger partial charge on any atom is 0.103 e. The first kappa shape index (κ1) is 27.0. The van der Waals surface area contributed by atoms with Crippen LogP contribution >= 0.6 is 23.2 Å². The minimum Gasteiger partial charge on any atom is -0.360 e. The van der Waals surface area contributed by atoms with Crippen LogP contribution in [0.3, 0.4) is 0 Å².